The first kappa shape index (κ1) is 70.8. The number of carbonyl (C=O) groups is 8. The first-order chi connectivity index (χ1) is 45.0. The number of hydrogen-bond acceptors (Lipinski definition) is 9. The Hall–Kier alpha value is -8.52. The molecule has 2 spiro atoms. The molecule has 2 aliphatic heterocycles. The van der Waals surface area contributed by atoms with Crippen molar-refractivity contribution < 1.29 is 53.3 Å². The second-order valence-electron chi connectivity index (χ2n) is 28.4. The van der Waals surface area contributed by atoms with Gasteiger partial charge in [-0.25, -0.2) is 0 Å². The lowest BCUT2D eigenvalue weighted by Crippen LogP contribution is -2.38. The van der Waals surface area contributed by atoms with E-state index in [0.717, 1.165) is 22.8 Å². The number of aryl methyl sites for hydroxylation is 12. The molecule has 3 N–H and O–H groups in total. The number of ketones is 1. The highest BCUT2D eigenvalue weighted by atomic mass is 16.5. The van der Waals surface area contributed by atoms with Crippen LogP contribution in [0.25, 0.3) is 11.1 Å². The highest BCUT2D eigenvalue weighted by Gasteiger charge is 2.96. The van der Waals surface area contributed by atoms with Crippen LogP contribution in [0.3, 0.4) is 0 Å². The zero-order valence-corrected chi connectivity index (χ0v) is 58.4. The van der Waals surface area contributed by atoms with Crippen molar-refractivity contribution in [3.05, 3.63) is 188 Å². The van der Waals surface area contributed by atoms with Gasteiger partial charge in [0.15, 0.2) is 0 Å². The van der Waals surface area contributed by atoms with Gasteiger partial charge in [-0.15, -0.1) is 0 Å². The number of nitrogens with one attached hydrogen (secondary N) is 1. The highest BCUT2D eigenvalue weighted by Crippen LogP contribution is 2.89. The standard InChI is InChI=1S/C21H29NO6.C16H18.C14H14O.C12H12N2O4.C10H14.C8H10/c1-3-4-17(23)9-5-13-15(7-11(9)19(25)26)21(13)14-6-10(18(24)22-2)12(20(27)28)8-16(14)21;1-11-5-7-15(9-13(11)3)16-8-6-12(2)14(4)10-16;1-11-3-7-13(8-4-11)15-14-9-5-12(2)6-10-14;1-3-14-10(17)6-7(11(14)18)12(6)4-5(12)9(16)13(2)8(4)15;1-7-5-9(3)10(4)6-8(7)2;1-7-3-5-8(2)6-4-7/h9-16H,3-8H2,1-2H3,(H,22,24)(H,25,26)(H,27,28);5-10H,1-4H3;3-10H,1-2H3;4-7H,3H2,1-2H3;5-6H,1-4H3;3-6H,1-2H3. The summed E-state index contributed by atoms with van der Waals surface area (Å²) >= 11 is 0. The van der Waals surface area contributed by atoms with Gasteiger partial charge < -0.3 is 20.3 Å². The molecule has 95 heavy (non-hydrogen) atoms. The third kappa shape index (κ3) is 14.0. The molecule has 8 fully saturated rings. The summed E-state index contributed by atoms with van der Waals surface area (Å²) in [5, 5.41) is 21.9. The van der Waals surface area contributed by atoms with Crippen LogP contribution >= 0.6 is 0 Å². The van der Waals surface area contributed by atoms with Crippen molar-refractivity contribution in [3.63, 3.8) is 0 Å². The Morgan fingerprint density at radius 3 is 1.11 bits per heavy atom. The SMILES string of the molecule is CCCC(=O)C1CC2C(CC1C(=O)O)C21C2CC(C(=O)O)C(C(=O)NC)CC21.CCN1C(=O)C2C(C1=O)C21C2C(=O)N(C)C(=O)C21.Cc1cc(C)c(C)cc1C.Cc1ccc(-c2ccc(C)c(C)c2)cc1C.Cc1ccc(C)cc1.Cc1ccc(Oc2ccc(C)cc2)cc1. The summed E-state index contributed by atoms with van der Waals surface area (Å²) in [7, 11) is 3.00. The van der Waals surface area contributed by atoms with Gasteiger partial charge >= 0.3 is 11.9 Å². The van der Waals surface area contributed by atoms with E-state index in [2.05, 4.69) is 161 Å². The predicted molar refractivity (Wildman–Crippen MR) is 369 cm³/mol. The number of fused-ring (bicyclic) bond motifs is 12. The van der Waals surface area contributed by atoms with E-state index in [9.17, 15) is 48.6 Å². The molecule has 8 aliphatic rings. The van der Waals surface area contributed by atoms with Crippen molar-refractivity contribution >= 4 is 47.3 Å². The third-order valence-electron chi connectivity index (χ3n) is 22.6. The molecule has 6 aromatic carbocycles. The summed E-state index contributed by atoms with van der Waals surface area (Å²) in [5.41, 5.74) is 18.1. The summed E-state index contributed by atoms with van der Waals surface area (Å²) in [6, 6.07) is 42.4. The molecule has 5 amide bonds. The summed E-state index contributed by atoms with van der Waals surface area (Å²) < 4.78 is 5.69. The lowest BCUT2D eigenvalue weighted by atomic mass is 9.76. The molecule has 13 atom stereocenters. The maximum absolute atomic E-state index is 12.6. The number of amides is 5. The van der Waals surface area contributed by atoms with Crippen molar-refractivity contribution in [1.29, 1.82) is 0 Å². The Balaban J connectivity index is 0.000000140. The molecule has 6 aromatic rings. The van der Waals surface area contributed by atoms with Crippen LogP contribution in [-0.2, 0) is 38.4 Å². The van der Waals surface area contributed by atoms with Gasteiger partial charge in [-0.05, 0) is 231 Å². The van der Waals surface area contributed by atoms with E-state index < -0.39 is 64.7 Å². The van der Waals surface area contributed by atoms with Gasteiger partial charge in [-0.1, -0.05) is 126 Å². The molecule has 14 nitrogen and oxygen atoms in total. The second-order valence-corrected chi connectivity index (χ2v) is 28.4. The van der Waals surface area contributed by atoms with Crippen LogP contribution in [0.1, 0.15) is 119 Å². The topological polar surface area (TPSA) is 205 Å². The smallest absolute Gasteiger partial charge is 0.307 e. The van der Waals surface area contributed by atoms with Gasteiger partial charge in [0.05, 0.1) is 41.4 Å². The molecule has 6 saturated carbocycles. The lowest BCUT2D eigenvalue weighted by molar-refractivity contribution is -0.149. The highest BCUT2D eigenvalue weighted by molar-refractivity contribution is 6.19. The Morgan fingerprint density at radius 1 is 0.442 bits per heavy atom. The van der Waals surface area contributed by atoms with E-state index in [4.69, 9.17) is 4.74 Å². The number of likely N-dealkylation sites (tertiary alicyclic amines) is 2. The minimum Gasteiger partial charge on any atom is -0.481 e. The van der Waals surface area contributed by atoms with Gasteiger partial charge in [-0.3, -0.25) is 48.2 Å². The summed E-state index contributed by atoms with van der Waals surface area (Å²) in [6.45, 7) is 29.6. The van der Waals surface area contributed by atoms with Gasteiger partial charge in [0.2, 0.25) is 29.5 Å². The van der Waals surface area contributed by atoms with E-state index in [1.807, 2.05) is 55.5 Å². The number of piperidine rings is 2. The Bertz CT molecular complexity index is 3720. The maximum atomic E-state index is 12.6. The number of carbonyl (C=O) groups excluding carboxylic acids is 6. The minimum atomic E-state index is -0.919. The first-order valence-corrected chi connectivity index (χ1v) is 33.9. The molecule has 502 valence electrons. The molecule has 0 bridgehead atoms. The number of nitrogens with zero attached hydrogens (tertiary/aromatic N) is 2. The number of carboxylic acid groups (broad SMARTS) is 2. The lowest BCUT2D eigenvalue weighted by Gasteiger charge is -2.26. The molecule has 6 aliphatic carbocycles. The Labute approximate surface area is 561 Å². The molecule has 0 radical (unpaired) electrons. The largest absolute Gasteiger partial charge is 0.481 e. The van der Waals surface area contributed by atoms with Crippen molar-refractivity contribution in [1.82, 2.24) is 15.1 Å². The van der Waals surface area contributed by atoms with Crippen molar-refractivity contribution in [2.75, 3.05) is 20.6 Å². The fraction of sp³-hybridized carbons (Fsp3) is 0.457. The van der Waals surface area contributed by atoms with Crippen LogP contribution in [0.2, 0.25) is 0 Å². The normalized spacial score (nSPS) is 27.7. The number of ether oxygens (including phenoxy) is 1. The quantitative estimate of drug-likeness (QED) is 0.110. The van der Waals surface area contributed by atoms with Gasteiger partial charge in [-0.2, -0.15) is 0 Å². The molecular weight excluding hydrogens is 1190 g/mol. The van der Waals surface area contributed by atoms with E-state index in [1.54, 1.807) is 6.92 Å². The molecule has 2 heterocycles. The van der Waals surface area contributed by atoms with E-state index in [0.29, 0.717) is 50.5 Å². The Morgan fingerprint density at radius 2 is 0.768 bits per heavy atom. The number of imide groups is 2. The van der Waals surface area contributed by atoms with E-state index >= 15 is 0 Å². The Kier molecular flexibility index (Phi) is 21.2. The average Bonchev–Trinajstić information content (AvgIpc) is 1.44. The number of rotatable bonds is 10. The number of Topliss-reactive ketones (excluding diaryl/α,β-unsaturated/α-hetero) is 1. The number of carboxylic acids is 2. The van der Waals surface area contributed by atoms with Gasteiger partial charge in [0, 0.05) is 38.4 Å². The number of benzene rings is 6. The zero-order valence-electron chi connectivity index (χ0n) is 58.4. The molecular formula is C81H97N3O11. The average molecular weight is 1290 g/mol. The van der Waals surface area contributed by atoms with Crippen molar-refractivity contribution in [2.45, 2.75) is 135 Å². The summed E-state index contributed by atoms with van der Waals surface area (Å²) in [4.78, 5) is 98.6. The fourth-order valence-electron chi connectivity index (χ4n) is 16.6. The molecule has 2 saturated heterocycles. The van der Waals surface area contributed by atoms with Gasteiger partial charge in [0.1, 0.15) is 17.3 Å². The second kappa shape index (κ2) is 28.4. The van der Waals surface area contributed by atoms with Crippen LogP contribution in [0.5, 0.6) is 11.5 Å². The molecule has 0 aromatic heterocycles. The van der Waals surface area contributed by atoms with Crippen molar-refractivity contribution in [3.8, 4) is 22.6 Å². The van der Waals surface area contributed by atoms with Crippen LogP contribution in [0.4, 0.5) is 0 Å². The van der Waals surface area contributed by atoms with Crippen LogP contribution in [0.15, 0.2) is 121 Å². The fourth-order valence-corrected chi connectivity index (χ4v) is 16.6. The van der Waals surface area contributed by atoms with Crippen LogP contribution in [-0.4, -0.2) is 87.9 Å². The van der Waals surface area contributed by atoms with Crippen molar-refractivity contribution in [2.24, 2.45) is 81.8 Å². The number of hydrogen-bond donors (Lipinski definition) is 3. The van der Waals surface area contributed by atoms with E-state index in [1.165, 1.54) is 96.9 Å². The predicted octanol–water partition coefficient (Wildman–Crippen LogP) is 14.6. The zero-order chi connectivity index (χ0) is 69.4. The molecule has 14 heteroatoms. The third-order valence-corrected chi connectivity index (χ3v) is 22.6. The number of aliphatic carboxylic acids is 2. The molecule has 13 unspecified atom stereocenters. The summed E-state index contributed by atoms with van der Waals surface area (Å²) in [5.74, 6) is -3.69. The van der Waals surface area contributed by atoms with Crippen LogP contribution in [0, 0.1) is 165 Å². The molecule has 14 rings (SSSR count). The minimum absolute atomic E-state index is 0.00852. The van der Waals surface area contributed by atoms with Crippen LogP contribution < -0.4 is 10.1 Å². The monoisotopic (exact) mass is 1290 g/mol. The van der Waals surface area contributed by atoms with E-state index in [-0.39, 0.29) is 52.6 Å². The maximum Gasteiger partial charge on any atom is 0.307 e. The van der Waals surface area contributed by atoms with Gasteiger partial charge in [0.25, 0.3) is 0 Å². The summed E-state index contributed by atoms with van der Waals surface area (Å²) in [6.07, 6.45) is 3.35. The first-order valence-electron chi connectivity index (χ1n) is 33.9.